The van der Waals surface area contributed by atoms with E-state index < -0.39 is 17.6 Å². The number of hydrogen-bond acceptors (Lipinski definition) is 2. The highest BCUT2D eigenvalue weighted by atomic mass is 19.4. The molecule has 1 rings (SSSR count). The van der Waals surface area contributed by atoms with Crippen LogP contribution in [-0.4, -0.2) is 18.6 Å². The molecule has 1 aromatic rings. The molecule has 0 aliphatic heterocycles. The summed E-state index contributed by atoms with van der Waals surface area (Å²) >= 11 is 0. The number of anilines is 1. The van der Waals surface area contributed by atoms with Crippen molar-refractivity contribution in [2.45, 2.75) is 32.5 Å². The molecule has 2 N–H and O–H groups in total. The van der Waals surface area contributed by atoms with Crippen LogP contribution in [0.25, 0.3) is 0 Å². The van der Waals surface area contributed by atoms with Crippen molar-refractivity contribution in [2.24, 2.45) is 0 Å². The van der Waals surface area contributed by atoms with Gasteiger partial charge < -0.3 is 10.6 Å². The summed E-state index contributed by atoms with van der Waals surface area (Å²) in [6.45, 7) is 7.04. The molecular weight excluding hydrogens is 260 g/mol. The molecule has 0 saturated heterocycles. The molecule has 0 bridgehead atoms. The van der Waals surface area contributed by atoms with Crippen molar-refractivity contribution in [2.75, 3.05) is 18.4 Å². The highest BCUT2D eigenvalue weighted by Gasteiger charge is 2.34. The van der Waals surface area contributed by atoms with E-state index in [0.717, 1.165) is 12.1 Å². The van der Waals surface area contributed by atoms with Gasteiger partial charge in [0.2, 0.25) is 0 Å². The molecule has 0 aliphatic rings. The zero-order valence-electron chi connectivity index (χ0n) is 11.2. The summed E-state index contributed by atoms with van der Waals surface area (Å²) in [6, 6.07) is 2.90. The molecule has 0 amide bonds. The van der Waals surface area contributed by atoms with Crippen molar-refractivity contribution in [3.05, 3.63) is 29.6 Å². The molecule has 0 aliphatic carbocycles. The van der Waals surface area contributed by atoms with E-state index in [1.807, 2.05) is 20.8 Å². The zero-order valence-corrected chi connectivity index (χ0v) is 11.2. The van der Waals surface area contributed by atoms with Gasteiger partial charge in [0.15, 0.2) is 0 Å². The van der Waals surface area contributed by atoms with E-state index in [2.05, 4.69) is 10.6 Å². The maximum absolute atomic E-state index is 13.1. The largest absolute Gasteiger partial charge is 0.419 e. The van der Waals surface area contributed by atoms with Crippen LogP contribution in [0.5, 0.6) is 0 Å². The molecule has 0 unspecified atom stereocenters. The minimum absolute atomic E-state index is 0.0540. The molecule has 0 fully saturated rings. The van der Waals surface area contributed by atoms with Gasteiger partial charge in [-0.1, -0.05) is 0 Å². The summed E-state index contributed by atoms with van der Waals surface area (Å²) in [5, 5.41) is 6.02. The number of nitrogens with one attached hydrogen (secondary N) is 2. The van der Waals surface area contributed by atoms with E-state index in [1.54, 1.807) is 0 Å². The fraction of sp³-hybridized carbons (Fsp3) is 0.538. The van der Waals surface area contributed by atoms with Crippen molar-refractivity contribution in [3.63, 3.8) is 0 Å². The first-order valence-electron chi connectivity index (χ1n) is 5.95. The molecule has 2 nitrogen and oxygen atoms in total. The highest BCUT2D eigenvalue weighted by Crippen LogP contribution is 2.32. The molecule has 0 saturated carbocycles. The van der Waals surface area contributed by atoms with Gasteiger partial charge in [-0.3, -0.25) is 0 Å². The second-order valence-corrected chi connectivity index (χ2v) is 5.30. The second kappa shape index (κ2) is 5.77. The van der Waals surface area contributed by atoms with Crippen LogP contribution in [-0.2, 0) is 6.18 Å². The van der Waals surface area contributed by atoms with Crippen LogP contribution >= 0.6 is 0 Å². The number of benzene rings is 1. The van der Waals surface area contributed by atoms with Gasteiger partial charge in [-0.05, 0) is 39.0 Å². The second-order valence-electron chi connectivity index (χ2n) is 5.30. The van der Waals surface area contributed by atoms with E-state index in [9.17, 15) is 17.6 Å². The lowest BCUT2D eigenvalue weighted by molar-refractivity contribution is -0.139. The molecular formula is C13H18F4N2. The topological polar surface area (TPSA) is 24.1 Å². The van der Waals surface area contributed by atoms with Crippen LogP contribution in [0.1, 0.15) is 26.3 Å². The maximum atomic E-state index is 13.1. The first kappa shape index (κ1) is 15.8. The van der Waals surface area contributed by atoms with Crippen molar-refractivity contribution in [1.29, 1.82) is 0 Å². The molecule has 0 aromatic heterocycles. The lowest BCUT2D eigenvalue weighted by Crippen LogP contribution is -2.38. The SMILES string of the molecule is CC(C)(C)NCCNc1ccc(F)c(C(F)(F)F)c1. The molecule has 0 radical (unpaired) electrons. The lowest BCUT2D eigenvalue weighted by atomic mass is 10.1. The normalized spacial score (nSPS) is 12.6. The average molecular weight is 278 g/mol. The number of hydrogen-bond donors (Lipinski definition) is 2. The Balaban J connectivity index is 2.61. The van der Waals surface area contributed by atoms with Gasteiger partial charge in [-0.25, -0.2) is 4.39 Å². The van der Waals surface area contributed by atoms with Gasteiger partial charge in [0.05, 0.1) is 5.56 Å². The van der Waals surface area contributed by atoms with Crippen LogP contribution in [0.2, 0.25) is 0 Å². The Labute approximate surface area is 110 Å². The molecule has 1 aromatic carbocycles. The quantitative estimate of drug-likeness (QED) is 0.649. The minimum Gasteiger partial charge on any atom is -0.384 e. The Morgan fingerprint density at radius 2 is 1.68 bits per heavy atom. The van der Waals surface area contributed by atoms with E-state index in [4.69, 9.17) is 0 Å². The first-order valence-corrected chi connectivity index (χ1v) is 5.95. The van der Waals surface area contributed by atoms with Gasteiger partial charge in [-0.15, -0.1) is 0 Å². The fourth-order valence-electron chi connectivity index (χ4n) is 1.50. The van der Waals surface area contributed by atoms with E-state index in [1.165, 1.54) is 6.07 Å². The van der Waals surface area contributed by atoms with Gasteiger partial charge >= 0.3 is 6.18 Å². The van der Waals surface area contributed by atoms with Gasteiger partial charge in [-0.2, -0.15) is 13.2 Å². The van der Waals surface area contributed by atoms with Crippen molar-refractivity contribution in [1.82, 2.24) is 5.32 Å². The zero-order chi connectivity index (χ0) is 14.7. The van der Waals surface area contributed by atoms with E-state index in [0.29, 0.717) is 13.1 Å². The van der Waals surface area contributed by atoms with Crippen molar-refractivity contribution in [3.8, 4) is 0 Å². The standard InChI is InChI=1S/C13H18F4N2/c1-12(2,3)19-7-6-18-9-4-5-11(14)10(8-9)13(15,16)17/h4-5,8,18-19H,6-7H2,1-3H3. The van der Waals surface area contributed by atoms with Crippen molar-refractivity contribution < 1.29 is 17.6 Å². The van der Waals surface area contributed by atoms with Crippen molar-refractivity contribution >= 4 is 5.69 Å². The summed E-state index contributed by atoms with van der Waals surface area (Å²) in [4.78, 5) is 0. The third kappa shape index (κ3) is 5.46. The predicted octanol–water partition coefficient (Wildman–Crippen LogP) is 3.64. The van der Waals surface area contributed by atoms with Crippen LogP contribution in [0.4, 0.5) is 23.2 Å². The Bertz CT molecular complexity index is 422. The fourth-order valence-corrected chi connectivity index (χ4v) is 1.50. The van der Waals surface area contributed by atoms with E-state index in [-0.39, 0.29) is 11.2 Å². The lowest BCUT2D eigenvalue weighted by Gasteiger charge is -2.21. The smallest absolute Gasteiger partial charge is 0.384 e. The van der Waals surface area contributed by atoms with Crippen LogP contribution in [0.15, 0.2) is 18.2 Å². The number of rotatable bonds is 4. The maximum Gasteiger partial charge on any atom is 0.419 e. The molecule has 19 heavy (non-hydrogen) atoms. The third-order valence-electron chi connectivity index (χ3n) is 2.38. The molecule has 108 valence electrons. The Morgan fingerprint density at radius 3 is 2.21 bits per heavy atom. The van der Waals surface area contributed by atoms with Gasteiger partial charge in [0.25, 0.3) is 0 Å². The number of alkyl halides is 3. The summed E-state index contributed by atoms with van der Waals surface area (Å²) in [6.07, 6.45) is -4.68. The molecule has 0 atom stereocenters. The van der Waals surface area contributed by atoms with Crippen LogP contribution < -0.4 is 10.6 Å². The van der Waals surface area contributed by atoms with Gasteiger partial charge in [0.1, 0.15) is 5.82 Å². The average Bonchev–Trinajstić information content (AvgIpc) is 2.23. The molecule has 6 heteroatoms. The third-order valence-corrected chi connectivity index (χ3v) is 2.38. The highest BCUT2D eigenvalue weighted by molar-refractivity contribution is 5.47. The summed E-state index contributed by atoms with van der Waals surface area (Å²) in [7, 11) is 0. The monoisotopic (exact) mass is 278 g/mol. The molecule has 0 spiro atoms. The predicted molar refractivity (Wildman–Crippen MR) is 67.6 cm³/mol. The van der Waals surface area contributed by atoms with E-state index >= 15 is 0 Å². The Morgan fingerprint density at radius 1 is 1.05 bits per heavy atom. The summed E-state index contributed by atoms with van der Waals surface area (Å²) in [5.41, 5.74) is -1.05. The van der Waals surface area contributed by atoms with Crippen LogP contribution in [0, 0.1) is 5.82 Å². The van der Waals surface area contributed by atoms with Crippen LogP contribution in [0.3, 0.4) is 0 Å². The minimum atomic E-state index is -4.68. The summed E-state index contributed by atoms with van der Waals surface area (Å²) in [5.74, 6) is -1.26. The first-order chi connectivity index (χ1) is 8.59. The summed E-state index contributed by atoms with van der Waals surface area (Å²) < 4.78 is 50.5. The molecule has 0 heterocycles. The Hall–Kier alpha value is -1.30. The Kier molecular flexibility index (Phi) is 4.79. The number of halogens is 4. The van der Waals surface area contributed by atoms with Gasteiger partial charge in [0, 0.05) is 24.3 Å².